The first-order valence-electron chi connectivity index (χ1n) is 10.6. The molecule has 10 heteroatoms. The predicted molar refractivity (Wildman–Crippen MR) is 129 cm³/mol. The molecule has 0 unspecified atom stereocenters. The fourth-order valence-corrected chi connectivity index (χ4v) is 3.77. The van der Waals surface area contributed by atoms with Gasteiger partial charge in [0.15, 0.2) is 22.8 Å². The molecule has 3 aromatic heterocycles. The van der Waals surface area contributed by atoms with Gasteiger partial charge in [-0.1, -0.05) is 12.1 Å². The molecule has 0 fully saturated rings. The molecular formula is C24H22N6O4. The number of hydrogen-bond acceptors (Lipinski definition) is 8. The molecule has 0 saturated heterocycles. The van der Waals surface area contributed by atoms with Gasteiger partial charge in [0.1, 0.15) is 17.2 Å². The number of benzene rings is 2. The Labute approximate surface area is 194 Å². The van der Waals surface area contributed by atoms with Crippen LogP contribution in [0.2, 0.25) is 0 Å². The number of aromatic nitrogens is 5. The van der Waals surface area contributed by atoms with Crippen LogP contribution in [-0.2, 0) is 11.3 Å². The van der Waals surface area contributed by atoms with Crippen LogP contribution in [0.3, 0.4) is 0 Å². The van der Waals surface area contributed by atoms with E-state index in [1.165, 1.54) is 10.9 Å². The molecule has 0 aliphatic carbocycles. The average molecular weight is 458 g/mol. The second kappa shape index (κ2) is 8.91. The van der Waals surface area contributed by atoms with Gasteiger partial charge in [0.05, 0.1) is 44.6 Å². The zero-order valence-corrected chi connectivity index (χ0v) is 18.9. The average Bonchev–Trinajstić information content (AvgIpc) is 3.18. The lowest BCUT2D eigenvalue weighted by Gasteiger charge is -2.07. The number of ether oxygens (including phenoxy) is 3. The third-order valence-electron chi connectivity index (χ3n) is 5.47. The molecule has 0 saturated carbocycles. The number of rotatable bonds is 7. The summed E-state index contributed by atoms with van der Waals surface area (Å²) < 4.78 is 18.9. The first kappa shape index (κ1) is 21.5. The minimum Gasteiger partial charge on any atom is -0.493 e. The highest BCUT2D eigenvalue weighted by Crippen LogP contribution is 2.28. The maximum absolute atomic E-state index is 13.3. The van der Waals surface area contributed by atoms with Gasteiger partial charge in [-0.2, -0.15) is 9.78 Å². The molecular weight excluding hydrogens is 436 g/mol. The molecule has 0 aliphatic heterocycles. The highest BCUT2D eigenvalue weighted by atomic mass is 16.5. The standard InChI is InChI=1S/C24H22N6O4/c1-32-11-10-29-14-25-22-20(24(29)31)21-23(28-17-7-5-4-6-16(17)27-21)30(22)26-13-15-8-9-18(33-2)19(12-15)34-3/h4-9,12-14H,10-11H2,1-3H3/b26-13+. The number of methoxy groups -OCH3 is 3. The lowest BCUT2D eigenvalue weighted by molar-refractivity contribution is 0.186. The summed E-state index contributed by atoms with van der Waals surface area (Å²) in [7, 11) is 4.74. The lowest BCUT2D eigenvalue weighted by Crippen LogP contribution is -2.22. The minimum absolute atomic E-state index is 0.225. The largest absolute Gasteiger partial charge is 0.493 e. The van der Waals surface area contributed by atoms with Crippen molar-refractivity contribution in [2.24, 2.45) is 5.10 Å². The van der Waals surface area contributed by atoms with E-state index in [2.05, 4.69) is 10.1 Å². The first-order chi connectivity index (χ1) is 16.6. The van der Waals surface area contributed by atoms with Gasteiger partial charge >= 0.3 is 0 Å². The van der Waals surface area contributed by atoms with E-state index in [9.17, 15) is 4.79 Å². The van der Waals surface area contributed by atoms with Gasteiger partial charge in [0.2, 0.25) is 0 Å². The SMILES string of the molecule is COCCn1cnc2c(c1=O)c1nc3ccccc3nc1n2/N=C/c1ccc(OC)c(OC)c1. The molecule has 0 bridgehead atoms. The minimum atomic E-state index is -0.225. The molecule has 0 N–H and O–H groups in total. The number of hydrogen-bond donors (Lipinski definition) is 0. The summed E-state index contributed by atoms with van der Waals surface area (Å²) in [6.45, 7) is 0.763. The number of para-hydroxylation sites is 2. The summed E-state index contributed by atoms with van der Waals surface area (Å²) in [5.74, 6) is 1.20. The Kier molecular flexibility index (Phi) is 5.64. The predicted octanol–water partition coefficient (Wildman–Crippen LogP) is 2.84. The summed E-state index contributed by atoms with van der Waals surface area (Å²) >= 11 is 0. The fourth-order valence-electron chi connectivity index (χ4n) is 3.77. The highest BCUT2D eigenvalue weighted by Gasteiger charge is 2.19. The van der Waals surface area contributed by atoms with Gasteiger partial charge in [-0.15, -0.1) is 0 Å². The Morgan fingerprint density at radius 1 is 0.971 bits per heavy atom. The van der Waals surface area contributed by atoms with Crippen molar-refractivity contribution in [3.05, 3.63) is 64.7 Å². The van der Waals surface area contributed by atoms with Crippen molar-refractivity contribution >= 4 is 39.4 Å². The van der Waals surface area contributed by atoms with E-state index >= 15 is 0 Å². The van der Waals surface area contributed by atoms with Crippen LogP contribution in [0.4, 0.5) is 0 Å². The van der Waals surface area contributed by atoms with Crippen LogP contribution in [0.5, 0.6) is 11.5 Å². The van der Waals surface area contributed by atoms with Crippen molar-refractivity contribution in [3.63, 3.8) is 0 Å². The third-order valence-corrected chi connectivity index (χ3v) is 5.47. The van der Waals surface area contributed by atoms with Crippen LogP contribution in [-0.4, -0.2) is 58.3 Å². The van der Waals surface area contributed by atoms with E-state index in [0.29, 0.717) is 57.9 Å². The van der Waals surface area contributed by atoms with Crippen LogP contribution in [0, 0.1) is 0 Å². The van der Waals surface area contributed by atoms with Gasteiger partial charge in [-0.05, 0) is 35.9 Å². The summed E-state index contributed by atoms with van der Waals surface area (Å²) in [4.78, 5) is 27.3. The second-order valence-electron chi connectivity index (χ2n) is 7.49. The summed E-state index contributed by atoms with van der Waals surface area (Å²) in [6, 6.07) is 13.0. The summed E-state index contributed by atoms with van der Waals surface area (Å²) in [6.07, 6.45) is 3.14. The molecule has 0 amide bonds. The Morgan fingerprint density at radius 3 is 2.47 bits per heavy atom. The van der Waals surface area contributed by atoms with Gasteiger partial charge in [-0.3, -0.25) is 9.36 Å². The Morgan fingerprint density at radius 2 is 1.74 bits per heavy atom. The molecule has 5 rings (SSSR count). The molecule has 0 aliphatic rings. The second-order valence-corrected chi connectivity index (χ2v) is 7.49. The third kappa shape index (κ3) is 3.63. The van der Waals surface area contributed by atoms with Gasteiger partial charge in [-0.25, -0.2) is 15.0 Å². The van der Waals surface area contributed by atoms with E-state index in [0.717, 1.165) is 5.56 Å². The molecule has 2 aromatic carbocycles. The normalized spacial score (nSPS) is 11.7. The molecule has 172 valence electrons. The van der Waals surface area contributed by atoms with Crippen molar-refractivity contribution in [2.75, 3.05) is 27.9 Å². The fraction of sp³-hybridized carbons (Fsp3) is 0.208. The summed E-state index contributed by atoms with van der Waals surface area (Å²) in [5.41, 5.74) is 3.19. The molecule has 5 aromatic rings. The summed E-state index contributed by atoms with van der Waals surface area (Å²) in [5, 5.41) is 4.98. The highest BCUT2D eigenvalue weighted by molar-refractivity contribution is 6.04. The quantitative estimate of drug-likeness (QED) is 0.345. The molecule has 34 heavy (non-hydrogen) atoms. The molecule has 3 heterocycles. The zero-order chi connectivity index (χ0) is 23.7. The number of nitrogens with zero attached hydrogens (tertiary/aromatic N) is 6. The maximum Gasteiger partial charge on any atom is 0.265 e. The molecule has 0 atom stereocenters. The van der Waals surface area contributed by atoms with Crippen molar-refractivity contribution in [3.8, 4) is 11.5 Å². The Bertz CT molecular complexity index is 1600. The molecule has 0 spiro atoms. The number of fused-ring (bicyclic) bond motifs is 4. The lowest BCUT2D eigenvalue weighted by atomic mass is 10.2. The van der Waals surface area contributed by atoms with E-state index in [4.69, 9.17) is 24.2 Å². The molecule has 10 nitrogen and oxygen atoms in total. The maximum atomic E-state index is 13.3. The van der Waals surface area contributed by atoms with Gasteiger partial charge in [0.25, 0.3) is 5.56 Å². The Balaban J connectivity index is 1.74. The van der Waals surface area contributed by atoms with Crippen LogP contribution < -0.4 is 15.0 Å². The van der Waals surface area contributed by atoms with E-state index < -0.39 is 0 Å². The van der Waals surface area contributed by atoms with Crippen molar-refractivity contribution in [2.45, 2.75) is 6.54 Å². The van der Waals surface area contributed by atoms with E-state index in [1.54, 1.807) is 38.3 Å². The molecule has 0 radical (unpaired) electrons. The van der Waals surface area contributed by atoms with Crippen molar-refractivity contribution in [1.82, 2.24) is 24.2 Å². The smallest absolute Gasteiger partial charge is 0.265 e. The van der Waals surface area contributed by atoms with Gasteiger partial charge in [0, 0.05) is 7.11 Å². The zero-order valence-electron chi connectivity index (χ0n) is 18.9. The first-order valence-corrected chi connectivity index (χ1v) is 10.6. The van der Waals surface area contributed by atoms with E-state index in [-0.39, 0.29) is 5.56 Å². The van der Waals surface area contributed by atoms with Crippen molar-refractivity contribution < 1.29 is 14.2 Å². The van der Waals surface area contributed by atoms with Gasteiger partial charge < -0.3 is 14.2 Å². The van der Waals surface area contributed by atoms with Crippen LogP contribution in [0.1, 0.15) is 5.56 Å². The van der Waals surface area contributed by atoms with Crippen LogP contribution in [0.25, 0.3) is 33.2 Å². The monoisotopic (exact) mass is 458 g/mol. The Hall–Kier alpha value is -4.31. The van der Waals surface area contributed by atoms with E-state index in [1.807, 2.05) is 36.4 Å². The van der Waals surface area contributed by atoms with Crippen LogP contribution >= 0.6 is 0 Å². The van der Waals surface area contributed by atoms with Crippen molar-refractivity contribution in [1.29, 1.82) is 0 Å². The topological polar surface area (TPSA) is 106 Å². The van der Waals surface area contributed by atoms with Crippen LogP contribution in [0.15, 0.2) is 58.7 Å².